The Hall–Kier alpha value is -1.86. The van der Waals surface area contributed by atoms with Gasteiger partial charge in [-0.3, -0.25) is 0 Å². The van der Waals surface area contributed by atoms with Crippen molar-refractivity contribution in [2.24, 2.45) is 0 Å². The summed E-state index contributed by atoms with van der Waals surface area (Å²) in [4.78, 5) is 4.13. The summed E-state index contributed by atoms with van der Waals surface area (Å²) in [6.45, 7) is 0. The van der Waals surface area contributed by atoms with Gasteiger partial charge in [0, 0.05) is 16.4 Å². The first kappa shape index (κ1) is 10.7. The van der Waals surface area contributed by atoms with Gasteiger partial charge in [-0.15, -0.1) is 0 Å². The van der Waals surface area contributed by atoms with E-state index >= 15 is 0 Å². The van der Waals surface area contributed by atoms with Crippen molar-refractivity contribution >= 4 is 27.4 Å². The van der Waals surface area contributed by atoms with Crippen molar-refractivity contribution in [1.82, 2.24) is 4.98 Å². The van der Waals surface area contributed by atoms with Gasteiger partial charge in [0.15, 0.2) is 0 Å². The molecule has 0 amide bonds. The van der Waals surface area contributed by atoms with Gasteiger partial charge in [0.25, 0.3) is 0 Å². The smallest absolute Gasteiger partial charge is 0.130 e. The minimum atomic E-state index is 0.555. The second kappa shape index (κ2) is 4.77. The predicted octanol–water partition coefficient (Wildman–Crippen LogP) is 3.46. The zero-order valence-electron chi connectivity index (χ0n) is 8.31. The third-order valence-electron chi connectivity index (χ3n) is 1.99. The maximum Gasteiger partial charge on any atom is 0.130 e. The lowest BCUT2D eigenvalue weighted by Gasteiger charge is -2.05. The van der Waals surface area contributed by atoms with E-state index in [1.54, 1.807) is 18.3 Å². The van der Waals surface area contributed by atoms with Crippen LogP contribution in [0.25, 0.3) is 0 Å². The summed E-state index contributed by atoms with van der Waals surface area (Å²) in [5, 5.41) is 11.8. The molecule has 0 saturated carbocycles. The number of nitrogens with zero attached hydrogens (tertiary/aromatic N) is 2. The predicted molar refractivity (Wildman–Crippen MR) is 66.4 cm³/mol. The number of hydrogen-bond donors (Lipinski definition) is 1. The molecule has 78 valence electrons. The summed E-state index contributed by atoms with van der Waals surface area (Å²) in [6.07, 6.45) is 1.54. The third-order valence-corrected chi connectivity index (χ3v) is 2.48. The van der Waals surface area contributed by atoms with Gasteiger partial charge in [0.05, 0.1) is 5.56 Å². The van der Waals surface area contributed by atoms with Crippen molar-refractivity contribution in [3.05, 3.63) is 52.6 Å². The Balaban J connectivity index is 2.18. The Morgan fingerprint density at radius 3 is 2.75 bits per heavy atom. The van der Waals surface area contributed by atoms with E-state index in [1.807, 2.05) is 30.3 Å². The van der Waals surface area contributed by atoms with Gasteiger partial charge in [-0.05, 0) is 30.3 Å². The molecule has 0 aliphatic rings. The average Bonchev–Trinajstić information content (AvgIpc) is 2.30. The topological polar surface area (TPSA) is 48.7 Å². The molecular weight excluding hydrogens is 266 g/mol. The molecule has 0 fully saturated rings. The highest BCUT2D eigenvalue weighted by atomic mass is 79.9. The van der Waals surface area contributed by atoms with Crippen molar-refractivity contribution in [3.8, 4) is 6.07 Å². The lowest BCUT2D eigenvalue weighted by Crippen LogP contribution is -1.93. The van der Waals surface area contributed by atoms with E-state index in [4.69, 9.17) is 5.26 Å². The molecule has 0 aliphatic heterocycles. The fourth-order valence-corrected chi connectivity index (χ4v) is 1.65. The highest BCUT2D eigenvalue weighted by Crippen LogP contribution is 2.19. The van der Waals surface area contributed by atoms with E-state index in [0.717, 1.165) is 16.0 Å². The first-order valence-electron chi connectivity index (χ1n) is 4.67. The van der Waals surface area contributed by atoms with Crippen LogP contribution in [0.5, 0.6) is 0 Å². The fourth-order valence-electron chi connectivity index (χ4n) is 1.25. The maximum absolute atomic E-state index is 8.64. The highest BCUT2D eigenvalue weighted by Gasteiger charge is 1.97. The molecule has 0 spiro atoms. The quantitative estimate of drug-likeness (QED) is 0.912. The van der Waals surface area contributed by atoms with Crippen LogP contribution in [-0.4, -0.2) is 4.98 Å². The number of pyridine rings is 1. The number of rotatable bonds is 2. The lowest BCUT2D eigenvalue weighted by atomic mass is 10.3. The van der Waals surface area contributed by atoms with Crippen LogP contribution in [0.15, 0.2) is 47.1 Å². The van der Waals surface area contributed by atoms with Crippen LogP contribution in [0.3, 0.4) is 0 Å². The molecule has 2 aromatic rings. The molecule has 1 N–H and O–H groups in total. The average molecular weight is 274 g/mol. The highest BCUT2D eigenvalue weighted by molar-refractivity contribution is 9.10. The van der Waals surface area contributed by atoms with E-state index in [2.05, 4.69) is 26.2 Å². The van der Waals surface area contributed by atoms with Crippen molar-refractivity contribution < 1.29 is 0 Å². The molecule has 0 atom stereocenters. The van der Waals surface area contributed by atoms with Crippen molar-refractivity contribution in [2.75, 3.05) is 5.32 Å². The normalized spacial score (nSPS) is 9.50. The lowest BCUT2D eigenvalue weighted by molar-refractivity contribution is 1.29. The minimum Gasteiger partial charge on any atom is -0.340 e. The zero-order valence-corrected chi connectivity index (χ0v) is 9.90. The number of halogens is 1. The fraction of sp³-hybridized carbons (Fsp3) is 0. The number of nitrogens with one attached hydrogen (secondary N) is 1. The summed E-state index contributed by atoms with van der Waals surface area (Å²) in [5.41, 5.74) is 1.51. The van der Waals surface area contributed by atoms with Gasteiger partial charge in [0.1, 0.15) is 11.9 Å². The number of anilines is 2. The molecule has 1 aromatic heterocycles. The molecule has 1 aromatic carbocycles. The standard InChI is InChI=1S/C12H8BrN3/c13-10-2-1-3-11(6-10)16-12-5-4-9(7-14)8-15-12/h1-6,8H,(H,15,16). The molecule has 0 unspecified atom stereocenters. The molecule has 0 aliphatic carbocycles. The molecule has 0 bridgehead atoms. The third kappa shape index (κ3) is 2.59. The van der Waals surface area contributed by atoms with Gasteiger partial charge in [-0.2, -0.15) is 5.26 Å². The Bertz CT molecular complexity index is 529. The summed E-state index contributed by atoms with van der Waals surface area (Å²) >= 11 is 3.39. The van der Waals surface area contributed by atoms with Gasteiger partial charge in [-0.25, -0.2) is 4.98 Å². The molecule has 16 heavy (non-hydrogen) atoms. The van der Waals surface area contributed by atoms with Crippen molar-refractivity contribution in [3.63, 3.8) is 0 Å². The number of nitriles is 1. The van der Waals surface area contributed by atoms with Gasteiger partial charge in [-0.1, -0.05) is 22.0 Å². The van der Waals surface area contributed by atoms with Crippen molar-refractivity contribution in [1.29, 1.82) is 5.26 Å². The molecule has 0 radical (unpaired) electrons. The van der Waals surface area contributed by atoms with E-state index in [9.17, 15) is 0 Å². The maximum atomic E-state index is 8.64. The Kier molecular flexibility index (Phi) is 3.18. The molecule has 1 heterocycles. The summed E-state index contributed by atoms with van der Waals surface area (Å²) in [6, 6.07) is 13.3. The summed E-state index contributed by atoms with van der Waals surface area (Å²) in [7, 11) is 0. The Morgan fingerprint density at radius 1 is 1.25 bits per heavy atom. The summed E-state index contributed by atoms with van der Waals surface area (Å²) < 4.78 is 1.01. The van der Waals surface area contributed by atoms with Crippen LogP contribution in [-0.2, 0) is 0 Å². The van der Waals surface area contributed by atoms with E-state index in [-0.39, 0.29) is 0 Å². The molecule has 2 rings (SSSR count). The van der Waals surface area contributed by atoms with Gasteiger partial charge >= 0.3 is 0 Å². The van der Waals surface area contributed by atoms with E-state index < -0.39 is 0 Å². The van der Waals surface area contributed by atoms with E-state index in [0.29, 0.717) is 5.56 Å². The van der Waals surface area contributed by atoms with Gasteiger partial charge in [0.2, 0.25) is 0 Å². The first-order valence-corrected chi connectivity index (χ1v) is 5.46. The zero-order chi connectivity index (χ0) is 11.4. The molecule has 3 nitrogen and oxygen atoms in total. The van der Waals surface area contributed by atoms with Gasteiger partial charge < -0.3 is 5.32 Å². The Morgan fingerprint density at radius 2 is 2.12 bits per heavy atom. The molecular formula is C12H8BrN3. The van der Waals surface area contributed by atoms with Crippen LogP contribution in [0.2, 0.25) is 0 Å². The van der Waals surface area contributed by atoms with Crippen LogP contribution in [0.4, 0.5) is 11.5 Å². The SMILES string of the molecule is N#Cc1ccc(Nc2cccc(Br)c2)nc1. The summed E-state index contributed by atoms with van der Waals surface area (Å²) in [5.74, 6) is 0.720. The Labute approximate surface area is 102 Å². The molecule has 0 saturated heterocycles. The number of benzene rings is 1. The van der Waals surface area contributed by atoms with Crippen LogP contribution >= 0.6 is 15.9 Å². The second-order valence-corrected chi connectivity index (χ2v) is 4.09. The monoisotopic (exact) mass is 273 g/mol. The van der Waals surface area contributed by atoms with Crippen LogP contribution in [0, 0.1) is 11.3 Å². The van der Waals surface area contributed by atoms with Crippen LogP contribution < -0.4 is 5.32 Å². The number of aromatic nitrogens is 1. The minimum absolute atomic E-state index is 0.555. The first-order chi connectivity index (χ1) is 7.78. The van der Waals surface area contributed by atoms with E-state index in [1.165, 1.54) is 0 Å². The van der Waals surface area contributed by atoms with Crippen molar-refractivity contribution in [2.45, 2.75) is 0 Å². The number of hydrogen-bond acceptors (Lipinski definition) is 3. The molecule has 4 heteroatoms. The largest absolute Gasteiger partial charge is 0.340 e. The van der Waals surface area contributed by atoms with Crippen LogP contribution in [0.1, 0.15) is 5.56 Å². The second-order valence-electron chi connectivity index (χ2n) is 3.18.